The lowest BCUT2D eigenvalue weighted by Crippen LogP contribution is -2.39. The number of aliphatic hydroxyl groups is 1. The van der Waals surface area contributed by atoms with E-state index in [0.717, 1.165) is 22.3 Å². The summed E-state index contributed by atoms with van der Waals surface area (Å²) in [5.74, 6) is -0.182. The number of aryl methyl sites for hydroxylation is 1. The van der Waals surface area contributed by atoms with Gasteiger partial charge in [-0.3, -0.25) is 13.9 Å². The van der Waals surface area contributed by atoms with Crippen molar-refractivity contribution in [3.05, 3.63) is 97.7 Å². The lowest BCUT2D eigenvalue weighted by Gasteiger charge is -2.17. The van der Waals surface area contributed by atoms with Crippen LogP contribution in [0.3, 0.4) is 0 Å². The second-order valence-electron chi connectivity index (χ2n) is 8.24. The molecular weight excluding hydrogens is 513 g/mol. The number of benzene rings is 3. The average Bonchev–Trinajstić information content (AvgIpc) is 2.84. The van der Waals surface area contributed by atoms with Gasteiger partial charge in [-0.2, -0.15) is 0 Å². The van der Waals surface area contributed by atoms with E-state index in [1.165, 1.54) is 23.7 Å². The fourth-order valence-electron chi connectivity index (χ4n) is 4.01. The van der Waals surface area contributed by atoms with Crippen molar-refractivity contribution < 1.29 is 27.8 Å². The number of nitrogens with zero attached hydrogens (tertiary/aromatic N) is 2. The number of aliphatic hydroxyl groups excluding tert-OH is 1. The molecule has 0 fully saturated rings. The second-order valence-corrected chi connectivity index (χ2v) is 8.68. The van der Waals surface area contributed by atoms with Crippen LogP contribution in [0.15, 0.2) is 70.3 Å². The zero-order chi connectivity index (χ0) is 26.7. The zero-order valence-electron chi connectivity index (χ0n) is 19.6. The second kappa shape index (κ2) is 10.7. The summed E-state index contributed by atoms with van der Waals surface area (Å²) in [6.07, 6.45) is -4.46. The van der Waals surface area contributed by atoms with Crippen molar-refractivity contribution >= 4 is 22.5 Å². The van der Waals surface area contributed by atoms with Crippen LogP contribution >= 0.6 is 11.6 Å². The number of hydrogen-bond donors (Lipinski definition) is 1. The van der Waals surface area contributed by atoms with Crippen LogP contribution in [0, 0.1) is 0 Å². The van der Waals surface area contributed by atoms with Crippen molar-refractivity contribution in [2.24, 2.45) is 7.05 Å². The summed E-state index contributed by atoms with van der Waals surface area (Å²) in [4.78, 5) is 26.4. The zero-order valence-corrected chi connectivity index (χ0v) is 20.3. The summed E-state index contributed by atoms with van der Waals surface area (Å²) >= 11 is 6.01. The van der Waals surface area contributed by atoms with Crippen molar-refractivity contribution in [3.63, 3.8) is 0 Å². The van der Waals surface area contributed by atoms with Gasteiger partial charge in [0.05, 0.1) is 10.9 Å². The van der Waals surface area contributed by atoms with E-state index in [9.17, 15) is 27.9 Å². The molecule has 1 aromatic heterocycles. The quantitative estimate of drug-likeness (QED) is 0.343. The molecule has 0 spiro atoms. The van der Waals surface area contributed by atoms with E-state index >= 15 is 0 Å². The molecule has 4 aromatic rings. The van der Waals surface area contributed by atoms with E-state index in [1.54, 1.807) is 36.4 Å². The van der Waals surface area contributed by atoms with Crippen LogP contribution in [-0.4, -0.2) is 27.2 Å². The van der Waals surface area contributed by atoms with Crippen molar-refractivity contribution in [2.75, 3.05) is 6.61 Å². The van der Waals surface area contributed by atoms with Crippen LogP contribution in [0.2, 0.25) is 5.02 Å². The van der Waals surface area contributed by atoms with Crippen LogP contribution in [0.5, 0.6) is 17.2 Å². The standard InChI is InChI=1S/C26H22ClF3N2O5/c1-31-21-10-11-22(36-18-4-2-5-19(15-18)37-26(28,29)30)20(14-16-6-8-17(27)9-7-16)23(21)24(34)32(25(31)35)12-3-13-33/h2,4-11,15,33H,3,12-14H2,1H3. The van der Waals surface area contributed by atoms with Crippen molar-refractivity contribution in [1.29, 1.82) is 0 Å². The largest absolute Gasteiger partial charge is 0.573 e. The highest BCUT2D eigenvalue weighted by atomic mass is 35.5. The molecule has 0 aliphatic carbocycles. The Morgan fingerprint density at radius 2 is 1.70 bits per heavy atom. The molecule has 11 heteroatoms. The number of halogens is 4. The van der Waals surface area contributed by atoms with Crippen LogP contribution in [0.25, 0.3) is 10.9 Å². The van der Waals surface area contributed by atoms with Crippen LogP contribution < -0.4 is 20.7 Å². The molecule has 4 rings (SSSR count). The fourth-order valence-corrected chi connectivity index (χ4v) is 4.13. The van der Waals surface area contributed by atoms with Crippen LogP contribution in [0.4, 0.5) is 13.2 Å². The van der Waals surface area contributed by atoms with Crippen molar-refractivity contribution in [2.45, 2.75) is 25.7 Å². The number of alkyl halides is 3. The monoisotopic (exact) mass is 534 g/mol. The average molecular weight is 535 g/mol. The molecule has 0 saturated carbocycles. The number of fused-ring (bicyclic) bond motifs is 1. The minimum atomic E-state index is -4.87. The van der Waals surface area contributed by atoms with Gasteiger partial charge < -0.3 is 14.6 Å². The first-order chi connectivity index (χ1) is 17.6. The Morgan fingerprint density at radius 1 is 1.00 bits per heavy atom. The van der Waals surface area contributed by atoms with Crippen molar-refractivity contribution in [3.8, 4) is 17.2 Å². The summed E-state index contributed by atoms with van der Waals surface area (Å²) in [6.45, 7) is -0.189. The van der Waals surface area contributed by atoms with Gasteiger partial charge >= 0.3 is 12.1 Å². The number of aromatic nitrogens is 2. The molecule has 0 atom stereocenters. The minimum Gasteiger partial charge on any atom is -0.457 e. The normalized spacial score (nSPS) is 11.6. The highest BCUT2D eigenvalue weighted by Crippen LogP contribution is 2.34. The number of ether oxygens (including phenoxy) is 2. The Labute approximate surface area is 213 Å². The van der Waals surface area contributed by atoms with E-state index in [4.69, 9.17) is 16.3 Å². The van der Waals surface area contributed by atoms with Gasteiger partial charge in [0.15, 0.2) is 0 Å². The van der Waals surface area contributed by atoms with Gasteiger partial charge in [0.2, 0.25) is 0 Å². The SMILES string of the molecule is Cn1c(=O)n(CCCO)c(=O)c2c(Cc3ccc(Cl)cc3)c(Oc3cccc(OC(F)(F)F)c3)ccc21. The lowest BCUT2D eigenvalue weighted by molar-refractivity contribution is -0.274. The van der Waals surface area contributed by atoms with E-state index in [2.05, 4.69) is 4.74 Å². The molecule has 0 radical (unpaired) electrons. The van der Waals surface area contributed by atoms with E-state index in [-0.39, 0.29) is 42.9 Å². The van der Waals surface area contributed by atoms with E-state index in [0.29, 0.717) is 16.1 Å². The maximum absolute atomic E-state index is 13.5. The number of hydrogen-bond acceptors (Lipinski definition) is 5. The van der Waals surface area contributed by atoms with Gasteiger partial charge in [-0.15, -0.1) is 13.2 Å². The highest BCUT2D eigenvalue weighted by molar-refractivity contribution is 6.30. The number of rotatable bonds is 8. The first-order valence-electron chi connectivity index (χ1n) is 11.2. The third-order valence-corrected chi connectivity index (χ3v) is 5.94. The molecule has 0 bridgehead atoms. The molecular formula is C26H22ClF3N2O5. The summed E-state index contributed by atoms with van der Waals surface area (Å²) in [7, 11) is 1.53. The van der Waals surface area contributed by atoms with Gasteiger partial charge in [0.25, 0.3) is 5.56 Å². The topological polar surface area (TPSA) is 82.7 Å². The maximum Gasteiger partial charge on any atom is 0.573 e. The predicted molar refractivity (Wildman–Crippen MR) is 133 cm³/mol. The van der Waals surface area contributed by atoms with Crippen LogP contribution in [-0.2, 0) is 20.0 Å². The molecule has 0 aliphatic heterocycles. The smallest absolute Gasteiger partial charge is 0.457 e. The van der Waals surface area contributed by atoms with Crippen molar-refractivity contribution in [1.82, 2.24) is 9.13 Å². The van der Waals surface area contributed by atoms with Gasteiger partial charge in [-0.25, -0.2) is 4.79 Å². The van der Waals surface area contributed by atoms with Gasteiger partial charge in [-0.05, 0) is 48.4 Å². The molecule has 194 valence electrons. The highest BCUT2D eigenvalue weighted by Gasteiger charge is 2.31. The molecule has 3 aromatic carbocycles. The molecule has 0 saturated heterocycles. The predicted octanol–water partition coefficient (Wildman–Crippen LogP) is 5.02. The molecule has 1 N–H and O–H groups in total. The first-order valence-corrected chi connectivity index (χ1v) is 11.6. The molecule has 0 unspecified atom stereocenters. The Morgan fingerprint density at radius 3 is 2.38 bits per heavy atom. The van der Waals surface area contributed by atoms with E-state index in [1.807, 2.05) is 0 Å². The Bertz CT molecular complexity index is 1550. The molecule has 0 aliphatic rings. The van der Waals surface area contributed by atoms with Gasteiger partial charge in [-0.1, -0.05) is 29.8 Å². The Hall–Kier alpha value is -3.76. The summed E-state index contributed by atoms with van der Waals surface area (Å²) in [5, 5.41) is 9.97. The lowest BCUT2D eigenvalue weighted by atomic mass is 9.99. The minimum absolute atomic E-state index is 0.0141. The molecule has 1 heterocycles. The van der Waals surface area contributed by atoms with E-state index < -0.39 is 23.4 Å². The van der Waals surface area contributed by atoms with Crippen LogP contribution in [0.1, 0.15) is 17.5 Å². The fraction of sp³-hybridized carbons (Fsp3) is 0.231. The first kappa shape index (κ1) is 26.3. The van der Waals surface area contributed by atoms with Gasteiger partial charge in [0.1, 0.15) is 17.2 Å². The summed E-state index contributed by atoms with van der Waals surface area (Å²) in [5.41, 5.74) is 0.483. The maximum atomic E-state index is 13.5. The Kier molecular flexibility index (Phi) is 7.60. The third-order valence-electron chi connectivity index (χ3n) is 5.69. The molecule has 0 amide bonds. The van der Waals surface area contributed by atoms with Gasteiger partial charge in [0, 0.05) is 43.3 Å². The molecule has 37 heavy (non-hydrogen) atoms. The summed E-state index contributed by atoms with van der Waals surface area (Å²) in [6, 6.07) is 15.1. The summed E-state index contributed by atoms with van der Waals surface area (Å²) < 4.78 is 50.4. The third kappa shape index (κ3) is 5.98. The Balaban J connectivity index is 1.90. The molecule has 7 nitrogen and oxygen atoms in total.